The van der Waals surface area contributed by atoms with E-state index in [0.717, 1.165) is 17.9 Å². The first-order valence-corrected chi connectivity index (χ1v) is 10.5. The SMILES string of the molecule is CCOC(=O)C(C)(C)Sc1nc2c(c(=O)n1-c1ccccc1OC)SCC2. The highest BCUT2D eigenvalue weighted by Crippen LogP contribution is 2.37. The molecule has 1 aliphatic heterocycles. The molecule has 3 rings (SSSR count). The van der Waals surface area contributed by atoms with Crippen LogP contribution >= 0.6 is 23.5 Å². The van der Waals surface area contributed by atoms with Crippen LogP contribution in [0.3, 0.4) is 0 Å². The van der Waals surface area contributed by atoms with Crippen molar-refractivity contribution in [3.63, 3.8) is 0 Å². The summed E-state index contributed by atoms with van der Waals surface area (Å²) in [5.41, 5.74) is 1.27. The Hall–Kier alpha value is -1.93. The van der Waals surface area contributed by atoms with Gasteiger partial charge in [0.2, 0.25) is 0 Å². The molecule has 0 amide bonds. The maximum absolute atomic E-state index is 13.2. The second-order valence-corrected chi connectivity index (χ2v) is 9.11. The van der Waals surface area contributed by atoms with E-state index >= 15 is 0 Å². The van der Waals surface area contributed by atoms with Crippen molar-refractivity contribution in [3.05, 3.63) is 40.3 Å². The molecule has 0 bridgehead atoms. The molecule has 0 spiro atoms. The molecule has 0 fully saturated rings. The van der Waals surface area contributed by atoms with Crippen molar-refractivity contribution in [2.75, 3.05) is 19.5 Å². The van der Waals surface area contributed by atoms with Gasteiger partial charge >= 0.3 is 5.97 Å². The molecule has 1 aromatic carbocycles. The summed E-state index contributed by atoms with van der Waals surface area (Å²) in [6.45, 7) is 5.62. The first kappa shape index (κ1) is 19.8. The van der Waals surface area contributed by atoms with E-state index in [-0.39, 0.29) is 11.5 Å². The van der Waals surface area contributed by atoms with Gasteiger partial charge in [0.25, 0.3) is 5.56 Å². The van der Waals surface area contributed by atoms with Crippen LogP contribution in [0.2, 0.25) is 0 Å². The molecule has 144 valence electrons. The summed E-state index contributed by atoms with van der Waals surface area (Å²) in [4.78, 5) is 31.0. The second kappa shape index (κ2) is 7.98. The fourth-order valence-corrected chi connectivity index (χ4v) is 4.82. The van der Waals surface area contributed by atoms with E-state index in [0.29, 0.717) is 28.1 Å². The molecular formula is C19H22N2O4S2. The first-order chi connectivity index (χ1) is 12.9. The number of thioether (sulfide) groups is 2. The third-order valence-electron chi connectivity index (χ3n) is 4.11. The van der Waals surface area contributed by atoms with Crippen molar-refractivity contribution in [1.29, 1.82) is 0 Å². The van der Waals surface area contributed by atoms with Crippen LogP contribution in [0.4, 0.5) is 0 Å². The maximum Gasteiger partial charge on any atom is 0.322 e. The second-order valence-electron chi connectivity index (χ2n) is 6.41. The van der Waals surface area contributed by atoms with Gasteiger partial charge in [-0.15, -0.1) is 11.8 Å². The van der Waals surface area contributed by atoms with Crippen molar-refractivity contribution in [2.24, 2.45) is 0 Å². The number of nitrogens with zero attached hydrogens (tertiary/aromatic N) is 2. The number of benzene rings is 1. The highest BCUT2D eigenvalue weighted by molar-refractivity contribution is 8.01. The summed E-state index contributed by atoms with van der Waals surface area (Å²) in [7, 11) is 1.56. The monoisotopic (exact) mass is 406 g/mol. The Balaban J connectivity index is 2.18. The van der Waals surface area contributed by atoms with Crippen molar-refractivity contribution in [3.8, 4) is 11.4 Å². The zero-order chi connectivity index (χ0) is 19.6. The van der Waals surface area contributed by atoms with E-state index in [2.05, 4.69) is 0 Å². The first-order valence-electron chi connectivity index (χ1n) is 8.67. The summed E-state index contributed by atoms with van der Waals surface area (Å²) in [5.74, 6) is 1.06. The average Bonchev–Trinajstić information content (AvgIpc) is 3.11. The Labute approximate surface area is 166 Å². The van der Waals surface area contributed by atoms with Gasteiger partial charge in [0.15, 0.2) is 5.16 Å². The lowest BCUT2D eigenvalue weighted by Gasteiger charge is -2.23. The number of fused-ring (bicyclic) bond motifs is 1. The van der Waals surface area contributed by atoms with Crippen LogP contribution < -0.4 is 10.3 Å². The summed E-state index contributed by atoms with van der Waals surface area (Å²) in [5, 5.41) is 0.462. The van der Waals surface area contributed by atoms with Crippen molar-refractivity contribution in [1.82, 2.24) is 9.55 Å². The standard InChI is InChI=1S/C19H22N2O4S2/c1-5-25-17(23)19(2,3)27-18-20-12-10-11-26-15(12)16(22)21(18)13-8-6-7-9-14(13)24-4/h6-9H,5,10-11H2,1-4H3. The van der Waals surface area contributed by atoms with Crippen molar-refractivity contribution in [2.45, 2.75) is 42.0 Å². The van der Waals surface area contributed by atoms with Gasteiger partial charge in [0, 0.05) is 12.2 Å². The van der Waals surface area contributed by atoms with Gasteiger partial charge < -0.3 is 9.47 Å². The number of hydrogen-bond donors (Lipinski definition) is 0. The normalized spacial score (nSPS) is 13.3. The fourth-order valence-electron chi connectivity index (χ4n) is 2.76. The van der Waals surface area contributed by atoms with Gasteiger partial charge in [-0.2, -0.15) is 0 Å². The van der Waals surface area contributed by atoms with E-state index in [1.165, 1.54) is 23.5 Å². The minimum absolute atomic E-state index is 0.130. The fraction of sp³-hybridized carbons (Fsp3) is 0.421. The molecule has 6 nitrogen and oxygen atoms in total. The smallest absolute Gasteiger partial charge is 0.322 e. The van der Waals surface area contributed by atoms with E-state index in [9.17, 15) is 9.59 Å². The number of aryl methyl sites for hydroxylation is 1. The van der Waals surface area contributed by atoms with Gasteiger partial charge in [-0.25, -0.2) is 4.98 Å². The Morgan fingerprint density at radius 1 is 1.37 bits per heavy atom. The lowest BCUT2D eigenvalue weighted by atomic mass is 10.2. The zero-order valence-corrected chi connectivity index (χ0v) is 17.4. The Kier molecular flexibility index (Phi) is 5.86. The molecule has 1 aliphatic rings. The highest BCUT2D eigenvalue weighted by atomic mass is 32.2. The van der Waals surface area contributed by atoms with Crippen molar-refractivity contribution >= 4 is 29.5 Å². The van der Waals surface area contributed by atoms with Gasteiger partial charge in [-0.1, -0.05) is 23.9 Å². The topological polar surface area (TPSA) is 70.4 Å². The quantitative estimate of drug-likeness (QED) is 0.414. The van der Waals surface area contributed by atoms with Gasteiger partial charge in [-0.3, -0.25) is 14.2 Å². The van der Waals surface area contributed by atoms with Gasteiger partial charge in [0.05, 0.1) is 30.0 Å². The molecule has 0 saturated heterocycles. The van der Waals surface area contributed by atoms with E-state index in [4.69, 9.17) is 14.5 Å². The third kappa shape index (κ3) is 3.87. The number of esters is 1. The maximum atomic E-state index is 13.2. The minimum atomic E-state index is -0.890. The number of ether oxygens (including phenoxy) is 2. The van der Waals surface area contributed by atoms with Crippen molar-refractivity contribution < 1.29 is 14.3 Å². The lowest BCUT2D eigenvalue weighted by molar-refractivity contribution is -0.145. The number of para-hydroxylation sites is 2. The molecule has 8 heteroatoms. The molecule has 27 heavy (non-hydrogen) atoms. The number of carbonyl (C=O) groups excluding carboxylic acids is 1. The van der Waals surface area contributed by atoms with Crippen LogP contribution in [0, 0.1) is 0 Å². The molecule has 0 atom stereocenters. The largest absolute Gasteiger partial charge is 0.495 e. The molecule has 0 aliphatic carbocycles. The van der Waals surface area contributed by atoms with E-state index in [1.807, 2.05) is 18.2 Å². The molecule has 0 N–H and O–H groups in total. The number of hydrogen-bond acceptors (Lipinski definition) is 7. The minimum Gasteiger partial charge on any atom is -0.495 e. The molecule has 0 unspecified atom stereocenters. The number of methoxy groups -OCH3 is 1. The summed E-state index contributed by atoms with van der Waals surface area (Å²) in [6, 6.07) is 7.30. The molecule has 2 aromatic rings. The molecule has 0 saturated carbocycles. The Morgan fingerprint density at radius 2 is 2.11 bits per heavy atom. The van der Waals surface area contributed by atoms with Crippen LogP contribution in [-0.2, 0) is 16.0 Å². The van der Waals surface area contributed by atoms with Crippen LogP contribution in [0.1, 0.15) is 26.5 Å². The predicted molar refractivity (Wildman–Crippen MR) is 107 cm³/mol. The molecule has 1 aromatic heterocycles. The van der Waals surface area contributed by atoms with Crippen LogP contribution in [0.25, 0.3) is 5.69 Å². The Morgan fingerprint density at radius 3 is 2.81 bits per heavy atom. The third-order valence-corrected chi connectivity index (χ3v) is 6.35. The molecular weight excluding hydrogens is 384 g/mol. The van der Waals surface area contributed by atoms with E-state index < -0.39 is 4.75 Å². The van der Waals surface area contributed by atoms with E-state index in [1.54, 1.807) is 38.5 Å². The highest BCUT2D eigenvalue weighted by Gasteiger charge is 2.34. The van der Waals surface area contributed by atoms with Crippen LogP contribution in [0.5, 0.6) is 5.75 Å². The summed E-state index contributed by atoms with van der Waals surface area (Å²) >= 11 is 2.75. The zero-order valence-electron chi connectivity index (χ0n) is 15.8. The number of rotatable bonds is 6. The number of carbonyl (C=O) groups is 1. The lowest BCUT2D eigenvalue weighted by Crippen LogP contribution is -2.32. The molecule has 2 heterocycles. The van der Waals surface area contributed by atoms with Crippen LogP contribution in [-0.4, -0.2) is 39.7 Å². The van der Waals surface area contributed by atoms with Crippen LogP contribution in [0.15, 0.2) is 39.1 Å². The summed E-state index contributed by atoms with van der Waals surface area (Å²) in [6.07, 6.45) is 0.745. The predicted octanol–water partition coefficient (Wildman–Crippen LogP) is 3.32. The molecule has 0 radical (unpaired) electrons. The van der Waals surface area contributed by atoms with Gasteiger partial charge in [-0.05, 0) is 32.9 Å². The number of aromatic nitrogens is 2. The Bertz CT molecular complexity index is 924. The average molecular weight is 407 g/mol. The summed E-state index contributed by atoms with van der Waals surface area (Å²) < 4.78 is 11.3. The van der Waals surface area contributed by atoms with Gasteiger partial charge in [0.1, 0.15) is 10.5 Å².